The van der Waals surface area contributed by atoms with Crippen LogP contribution in [0, 0.1) is 0 Å². The summed E-state index contributed by atoms with van der Waals surface area (Å²) < 4.78 is 1.41. The van der Waals surface area contributed by atoms with Crippen molar-refractivity contribution in [3.8, 4) is 0 Å². The van der Waals surface area contributed by atoms with Gasteiger partial charge in [-0.15, -0.1) is 17.9 Å². The van der Waals surface area contributed by atoms with Crippen LogP contribution in [-0.4, -0.2) is 17.4 Å². The second-order valence-corrected chi connectivity index (χ2v) is 7.31. The van der Waals surface area contributed by atoms with Gasteiger partial charge in [-0.2, -0.15) is 0 Å². The standard InChI is InChI=1S/C15H12BrCl2NOS/c1-2-8-19(9-10-6-7-13(17)21-10)15(20)11-4-3-5-12(16)14(11)18/h2-7H,1,8-9H2. The molecule has 1 aromatic carbocycles. The van der Waals surface area contributed by atoms with E-state index in [1.165, 1.54) is 11.3 Å². The molecule has 0 aliphatic carbocycles. The van der Waals surface area contributed by atoms with Crippen LogP contribution >= 0.6 is 50.5 Å². The smallest absolute Gasteiger partial charge is 0.256 e. The highest BCUT2D eigenvalue weighted by molar-refractivity contribution is 9.10. The second-order valence-electron chi connectivity index (χ2n) is 4.28. The van der Waals surface area contributed by atoms with Crippen LogP contribution in [0.4, 0.5) is 0 Å². The fourth-order valence-electron chi connectivity index (χ4n) is 1.84. The first-order valence-electron chi connectivity index (χ1n) is 6.11. The Morgan fingerprint density at radius 1 is 1.33 bits per heavy atom. The van der Waals surface area contributed by atoms with E-state index < -0.39 is 0 Å². The SMILES string of the molecule is C=CCN(Cc1ccc(Cl)s1)C(=O)c1cccc(Br)c1Cl. The van der Waals surface area contributed by atoms with Gasteiger partial charge in [-0.3, -0.25) is 4.79 Å². The third-order valence-corrected chi connectivity index (χ3v) is 5.31. The van der Waals surface area contributed by atoms with Crippen molar-refractivity contribution in [2.75, 3.05) is 6.54 Å². The minimum Gasteiger partial charge on any atom is -0.330 e. The fourth-order valence-corrected chi connectivity index (χ4v) is 3.52. The average molecular weight is 405 g/mol. The van der Waals surface area contributed by atoms with E-state index in [9.17, 15) is 4.79 Å². The van der Waals surface area contributed by atoms with Crippen molar-refractivity contribution in [3.05, 3.63) is 67.3 Å². The van der Waals surface area contributed by atoms with Crippen LogP contribution in [0.5, 0.6) is 0 Å². The Bertz CT molecular complexity index is 671. The molecule has 21 heavy (non-hydrogen) atoms. The summed E-state index contributed by atoms with van der Waals surface area (Å²) >= 11 is 16.9. The van der Waals surface area contributed by atoms with Gasteiger partial charge in [0.2, 0.25) is 0 Å². The molecule has 0 aliphatic rings. The van der Waals surface area contributed by atoms with E-state index in [-0.39, 0.29) is 5.91 Å². The van der Waals surface area contributed by atoms with Crippen molar-refractivity contribution in [3.63, 3.8) is 0 Å². The third kappa shape index (κ3) is 4.10. The maximum atomic E-state index is 12.7. The zero-order chi connectivity index (χ0) is 15.4. The molecule has 0 spiro atoms. The van der Waals surface area contributed by atoms with Crippen molar-refractivity contribution in [2.24, 2.45) is 0 Å². The van der Waals surface area contributed by atoms with Crippen molar-refractivity contribution in [1.82, 2.24) is 4.90 Å². The van der Waals surface area contributed by atoms with Crippen LogP contribution in [0.2, 0.25) is 9.36 Å². The van der Waals surface area contributed by atoms with Crippen molar-refractivity contribution >= 4 is 56.4 Å². The van der Waals surface area contributed by atoms with Crippen LogP contribution in [0.3, 0.4) is 0 Å². The van der Waals surface area contributed by atoms with E-state index in [0.717, 1.165) is 4.88 Å². The highest BCUT2D eigenvalue weighted by Crippen LogP contribution is 2.28. The van der Waals surface area contributed by atoms with Crippen molar-refractivity contribution in [2.45, 2.75) is 6.54 Å². The molecule has 110 valence electrons. The van der Waals surface area contributed by atoms with E-state index in [1.807, 2.05) is 12.1 Å². The maximum absolute atomic E-state index is 12.7. The van der Waals surface area contributed by atoms with Gasteiger partial charge in [0.05, 0.1) is 21.5 Å². The first-order valence-corrected chi connectivity index (χ1v) is 8.48. The number of carbonyl (C=O) groups is 1. The Kier molecular flexibility index (Phi) is 5.88. The third-order valence-electron chi connectivity index (χ3n) is 2.79. The van der Waals surface area contributed by atoms with Crippen LogP contribution in [0.15, 0.2) is 47.5 Å². The first-order chi connectivity index (χ1) is 10.0. The molecule has 0 N–H and O–H groups in total. The lowest BCUT2D eigenvalue weighted by Crippen LogP contribution is -2.30. The number of amides is 1. The van der Waals surface area contributed by atoms with Gasteiger partial charge in [0.25, 0.3) is 5.91 Å². The Morgan fingerprint density at radius 3 is 2.71 bits per heavy atom. The highest BCUT2D eigenvalue weighted by Gasteiger charge is 2.19. The Balaban J connectivity index is 2.26. The number of benzene rings is 1. The minimum absolute atomic E-state index is 0.134. The number of halogens is 3. The molecule has 0 saturated carbocycles. The topological polar surface area (TPSA) is 20.3 Å². The summed E-state index contributed by atoms with van der Waals surface area (Å²) in [4.78, 5) is 15.4. The van der Waals surface area contributed by atoms with Gasteiger partial charge in [-0.25, -0.2) is 0 Å². The normalized spacial score (nSPS) is 10.4. The number of hydrogen-bond donors (Lipinski definition) is 0. The Morgan fingerprint density at radius 2 is 2.10 bits per heavy atom. The highest BCUT2D eigenvalue weighted by atomic mass is 79.9. The summed E-state index contributed by atoms with van der Waals surface area (Å²) in [6.45, 7) is 4.62. The van der Waals surface area contributed by atoms with E-state index in [0.29, 0.717) is 32.5 Å². The molecular weight excluding hydrogens is 393 g/mol. The summed E-state index contributed by atoms with van der Waals surface area (Å²) in [5.74, 6) is -0.134. The van der Waals surface area contributed by atoms with Crippen LogP contribution < -0.4 is 0 Å². The number of thiophene rings is 1. The molecule has 0 atom stereocenters. The molecule has 1 amide bonds. The Hall–Kier alpha value is -0.810. The molecule has 6 heteroatoms. The fraction of sp³-hybridized carbons (Fsp3) is 0.133. The zero-order valence-electron chi connectivity index (χ0n) is 11.0. The predicted octanol–water partition coefficient (Wildman–Crippen LogP) is 5.65. The van der Waals surface area contributed by atoms with Gasteiger partial charge in [0.1, 0.15) is 0 Å². The molecular formula is C15H12BrCl2NOS. The maximum Gasteiger partial charge on any atom is 0.256 e. The van der Waals surface area contributed by atoms with Gasteiger partial charge in [-0.1, -0.05) is 35.3 Å². The first kappa shape index (κ1) is 16.6. The number of hydrogen-bond acceptors (Lipinski definition) is 2. The molecule has 1 aromatic heterocycles. The van der Waals surface area contributed by atoms with E-state index in [1.54, 1.807) is 29.2 Å². The van der Waals surface area contributed by atoms with Crippen molar-refractivity contribution in [1.29, 1.82) is 0 Å². The number of carbonyl (C=O) groups excluding carboxylic acids is 1. The Labute approximate surface area is 146 Å². The number of nitrogens with zero attached hydrogens (tertiary/aromatic N) is 1. The summed E-state index contributed by atoms with van der Waals surface area (Å²) in [6.07, 6.45) is 1.69. The summed E-state index contributed by atoms with van der Waals surface area (Å²) in [5, 5.41) is 0.417. The van der Waals surface area contributed by atoms with Gasteiger partial charge in [-0.05, 0) is 40.2 Å². The van der Waals surface area contributed by atoms with E-state index >= 15 is 0 Å². The van der Waals surface area contributed by atoms with Gasteiger partial charge >= 0.3 is 0 Å². The summed E-state index contributed by atoms with van der Waals surface area (Å²) in [7, 11) is 0. The molecule has 1 heterocycles. The van der Waals surface area contributed by atoms with E-state index in [2.05, 4.69) is 22.5 Å². The summed E-state index contributed by atoms with van der Waals surface area (Å²) in [5.41, 5.74) is 0.468. The molecule has 0 aliphatic heterocycles. The molecule has 0 bridgehead atoms. The van der Waals surface area contributed by atoms with Gasteiger partial charge < -0.3 is 4.90 Å². The number of rotatable bonds is 5. The quantitative estimate of drug-likeness (QED) is 0.590. The molecule has 0 fully saturated rings. The lowest BCUT2D eigenvalue weighted by atomic mass is 10.2. The largest absolute Gasteiger partial charge is 0.330 e. The molecule has 0 unspecified atom stereocenters. The predicted molar refractivity (Wildman–Crippen MR) is 93.4 cm³/mol. The van der Waals surface area contributed by atoms with Crippen molar-refractivity contribution < 1.29 is 4.79 Å². The van der Waals surface area contributed by atoms with Gasteiger partial charge in [0, 0.05) is 15.9 Å². The van der Waals surface area contributed by atoms with E-state index in [4.69, 9.17) is 23.2 Å². The van der Waals surface area contributed by atoms with Crippen LogP contribution in [-0.2, 0) is 6.54 Å². The van der Waals surface area contributed by atoms with Crippen LogP contribution in [0.25, 0.3) is 0 Å². The lowest BCUT2D eigenvalue weighted by molar-refractivity contribution is 0.0764. The average Bonchev–Trinajstić information content (AvgIpc) is 2.86. The molecule has 0 radical (unpaired) electrons. The van der Waals surface area contributed by atoms with Crippen LogP contribution in [0.1, 0.15) is 15.2 Å². The monoisotopic (exact) mass is 403 g/mol. The van der Waals surface area contributed by atoms with Gasteiger partial charge in [0.15, 0.2) is 0 Å². The molecule has 2 aromatic rings. The minimum atomic E-state index is -0.134. The molecule has 2 rings (SSSR count). The zero-order valence-corrected chi connectivity index (χ0v) is 14.9. The lowest BCUT2D eigenvalue weighted by Gasteiger charge is -2.21. The molecule has 0 saturated heterocycles. The summed E-state index contributed by atoms with van der Waals surface area (Å²) in [6, 6.07) is 9.04. The second kappa shape index (κ2) is 7.45. The molecule has 2 nitrogen and oxygen atoms in total.